The van der Waals surface area contributed by atoms with Gasteiger partial charge in [0.05, 0.1) is 11.9 Å². The summed E-state index contributed by atoms with van der Waals surface area (Å²) in [7, 11) is 0. The van der Waals surface area contributed by atoms with E-state index < -0.39 is 5.91 Å². The van der Waals surface area contributed by atoms with E-state index in [1.165, 1.54) is 9.58 Å². The monoisotopic (exact) mass is 418 g/mol. The molecule has 158 valence electrons. The third-order valence-electron chi connectivity index (χ3n) is 5.26. The van der Waals surface area contributed by atoms with Crippen molar-refractivity contribution in [1.82, 2.24) is 20.0 Å². The summed E-state index contributed by atoms with van der Waals surface area (Å²) in [6, 6.07) is 16.3. The van der Waals surface area contributed by atoms with E-state index in [0.717, 1.165) is 5.56 Å². The average Bonchev–Trinajstić information content (AvgIpc) is 3.11. The number of nitrogens with one attached hydrogen (secondary N) is 1. The molecule has 31 heavy (non-hydrogen) atoms. The van der Waals surface area contributed by atoms with Crippen molar-refractivity contribution in [1.29, 1.82) is 0 Å². The summed E-state index contributed by atoms with van der Waals surface area (Å²) in [6.45, 7) is 0.813. The van der Waals surface area contributed by atoms with Crippen LogP contribution in [-0.4, -0.2) is 45.5 Å². The zero-order valence-corrected chi connectivity index (χ0v) is 16.9. The molecule has 8 nitrogen and oxygen atoms in total. The summed E-state index contributed by atoms with van der Waals surface area (Å²) in [6.07, 6.45) is 0.957. The Hall–Kier alpha value is -3.81. The fourth-order valence-electron chi connectivity index (χ4n) is 3.66. The fraction of sp³-hybridized carbons (Fsp3) is 0.261. The highest BCUT2D eigenvalue weighted by atomic mass is 16.2. The first-order valence-electron chi connectivity index (χ1n) is 10.2. The van der Waals surface area contributed by atoms with Gasteiger partial charge in [-0.05, 0) is 18.1 Å². The van der Waals surface area contributed by atoms with Crippen molar-refractivity contribution in [3.8, 4) is 0 Å². The molecule has 0 spiro atoms. The van der Waals surface area contributed by atoms with E-state index in [2.05, 4.69) is 10.4 Å². The topological polar surface area (TPSA) is 101 Å². The molecule has 3 aromatic rings. The molecule has 0 bridgehead atoms. The van der Waals surface area contributed by atoms with Crippen molar-refractivity contribution in [2.24, 2.45) is 0 Å². The Labute approximate surface area is 178 Å². The summed E-state index contributed by atoms with van der Waals surface area (Å²) < 4.78 is 1.30. The van der Waals surface area contributed by atoms with Crippen LogP contribution in [0.25, 0.3) is 10.8 Å². The molecule has 2 aromatic carbocycles. The largest absolute Gasteiger partial charge is 0.351 e. The van der Waals surface area contributed by atoms with Crippen LogP contribution in [0, 0.1) is 0 Å². The Morgan fingerprint density at radius 2 is 1.55 bits per heavy atom. The van der Waals surface area contributed by atoms with Gasteiger partial charge in [0, 0.05) is 31.3 Å². The van der Waals surface area contributed by atoms with Gasteiger partial charge in [0.2, 0.25) is 11.8 Å². The van der Waals surface area contributed by atoms with E-state index in [1.54, 1.807) is 24.3 Å². The summed E-state index contributed by atoms with van der Waals surface area (Å²) in [5, 5.41) is 8.05. The smallest absolute Gasteiger partial charge is 0.274 e. The van der Waals surface area contributed by atoms with Crippen LogP contribution in [0.1, 0.15) is 35.3 Å². The molecular formula is C23H22N4O4. The number of carbonyl (C=O) groups is 3. The molecule has 3 amide bonds. The zero-order chi connectivity index (χ0) is 21.8. The van der Waals surface area contributed by atoms with Crippen LogP contribution in [0.3, 0.4) is 0 Å². The molecule has 2 heterocycles. The number of fused-ring (bicyclic) bond motifs is 1. The molecule has 1 aromatic heterocycles. The lowest BCUT2D eigenvalue weighted by atomic mass is 10.1. The minimum absolute atomic E-state index is 0.166. The third-order valence-corrected chi connectivity index (χ3v) is 5.26. The van der Waals surface area contributed by atoms with Crippen molar-refractivity contribution in [2.45, 2.75) is 25.8 Å². The van der Waals surface area contributed by atoms with Gasteiger partial charge in [-0.3, -0.25) is 24.1 Å². The van der Waals surface area contributed by atoms with E-state index in [9.17, 15) is 19.2 Å². The van der Waals surface area contributed by atoms with Crippen molar-refractivity contribution >= 4 is 28.5 Å². The Morgan fingerprint density at radius 3 is 2.26 bits per heavy atom. The molecule has 1 N–H and O–H groups in total. The molecule has 1 saturated heterocycles. The Balaban J connectivity index is 1.52. The van der Waals surface area contributed by atoms with Crippen LogP contribution in [0.2, 0.25) is 0 Å². The quantitative estimate of drug-likeness (QED) is 0.465. The van der Waals surface area contributed by atoms with Crippen molar-refractivity contribution in [2.75, 3.05) is 13.1 Å². The maximum Gasteiger partial charge on any atom is 0.274 e. The predicted molar refractivity (Wildman–Crippen MR) is 114 cm³/mol. The molecule has 0 unspecified atom stereocenters. The van der Waals surface area contributed by atoms with Gasteiger partial charge < -0.3 is 5.32 Å². The number of hydrogen-bond donors (Lipinski definition) is 1. The number of likely N-dealkylation sites (tertiary alicyclic amines) is 1. The molecule has 1 fully saturated rings. The Bertz CT molecular complexity index is 1190. The lowest BCUT2D eigenvalue weighted by Gasteiger charge is -2.14. The number of hydrogen-bond acceptors (Lipinski definition) is 5. The van der Waals surface area contributed by atoms with Crippen LogP contribution < -0.4 is 10.9 Å². The average molecular weight is 418 g/mol. The molecule has 0 saturated carbocycles. The summed E-state index contributed by atoms with van der Waals surface area (Å²) in [4.78, 5) is 50.3. The maximum atomic E-state index is 12.9. The lowest BCUT2D eigenvalue weighted by Crippen LogP contribution is -2.34. The predicted octanol–water partition coefficient (Wildman–Crippen LogP) is 1.71. The second-order valence-corrected chi connectivity index (χ2v) is 7.39. The van der Waals surface area contributed by atoms with Gasteiger partial charge in [0.25, 0.3) is 11.5 Å². The van der Waals surface area contributed by atoms with E-state index >= 15 is 0 Å². The maximum absolute atomic E-state index is 12.9. The van der Waals surface area contributed by atoms with E-state index in [1.807, 2.05) is 30.3 Å². The Morgan fingerprint density at radius 1 is 0.903 bits per heavy atom. The minimum atomic E-state index is -0.405. The first-order chi connectivity index (χ1) is 15.0. The number of amides is 3. The van der Waals surface area contributed by atoms with Gasteiger partial charge in [-0.1, -0.05) is 48.5 Å². The molecule has 8 heteroatoms. The summed E-state index contributed by atoms with van der Waals surface area (Å²) in [5.41, 5.74) is 0.806. The van der Waals surface area contributed by atoms with Crippen LogP contribution in [-0.2, 0) is 16.1 Å². The molecular weight excluding hydrogens is 396 g/mol. The van der Waals surface area contributed by atoms with Gasteiger partial charge in [-0.15, -0.1) is 0 Å². The molecule has 1 aliphatic rings. The molecule has 4 rings (SSSR count). The van der Waals surface area contributed by atoms with Gasteiger partial charge in [-0.25, -0.2) is 4.68 Å². The summed E-state index contributed by atoms with van der Waals surface area (Å²) >= 11 is 0. The number of rotatable bonds is 7. The van der Waals surface area contributed by atoms with Crippen molar-refractivity contribution < 1.29 is 14.4 Å². The van der Waals surface area contributed by atoms with Gasteiger partial charge >= 0.3 is 0 Å². The molecule has 0 aliphatic carbocycles. The third kappa shape index (κ3) is 4.37. The molecule has 1 aliphatic heterocycles. The van der Waals surface area contributed by atoms with Gasteiger partial charge in [0.1, 0.15) is 0 Å². The number of imide groups is 1. The normalized spacial score (nSPS) is 13.7. The van der Waals surface area contributed by atoms with Crippen LogP contribution in [0.15, 0.2) is 59.4 Å². The highest BCUT2D eigenvalue weighted by molar-refractivity contribution is 6.04. The number of nitrogens with zero attached hydrogens (tertiary/aromatic N) is 3. The second kappa shape index (κ2) is 8.91. The fourth-order valence-corrected chi connectivity index (χ4v) is 3.66. The van der Waals surface area contributed by atoms with E-state index in [4.69, 9.17) is 0 Å². The van der Waals surface area contributed by atoms with Crippen LogP contribution in [0.4, 0.5) is 0 Å². The highest BCUT2D eigenvalue weighted by Gasteiger charge is 2.28. The van der Waals surface area contributed by atoms with Crippen LogP contribution in [0.5, 0.6) is 0 Å². The number of carbonyl (C=O) groups excluding carboxylic acids is 3. The highest BCUT2D eigenvalue weighted by Crippen LogP contribution is 2.14. The van der Waals surface area contributed by atoms with Crippen LogP contribution >= 0.6 is 0 Å². The summed E-state index contributed by atoms with van der Waals surface area (Å²) in [5.74, 6) is -0.744. The lowest BCUT2D eigenvalue weighted by molar-refractivity contribution is -0.138. The minimum Gasteiger partial charge on any atom is -0.351 e. The van der Waals surface area contributed by atoms with Crippen molar-refractivity contribution in [3.63, 3.8) is 0 Å². The van der Waals surface area contributed by atoms with Gasteiger partial charge in [-0.2, -0.15) is 5.10 Å². The first-order valence-corrected chi connectivity index (χ1v) is 10.2. The van der Waals surface area contributed by atoms with E-state index in [0.29, 0.717) is 17.2 Å². The van der Waals surface area contributed by atoms with Crippen molar-refractivity contribution in [3.05, 3.63) is 76.2 Å². The van der Waals surface area contributed by atoms with E-state index in [-0.39, 0.29) is 55.5 Å². The zero-order valence-electron chi connectivity index (χ0n) is 16.9. The van der Waals surface area contributed by atoms with Gasteiger partial charge in [0.15, 0.2) is 5.69 Å². The number of benzene rings is 2. The SMILES string of the molecule is O=C(NCCCN1C(=O)CCC1=O)c1nn(Cc2ccccc2)c(=O)c2ccccc12. The Kier molecular flexibility index (Phi) is 5.88. The number of aromatic nitrogens is 2. The second-order valence-electron chi connectivity index (χ2n) is 7.39. The standard InChI is InChI=1S/C23H22N4O4/c28-19-11-12-20(29)26(19)14-6-13-24-22(30)21-17-9-4-5-10-18(17)23(31)27(25-21)15-16-7-2-1-3-8-16/h1-5,7-10H,6,11-15H2,(H,24,30). The molecule has 0 atom stereocenters. The molecule has 0 radical (unpaired) electrons. The first kappa shape index (κ1) is 20.5.